The van der Waals surface area contributed by atoms with E-state index in [0.29, 0.717) is 16.7 Å². The Morgan fingerprint density at radius 3 is 2.57 bits per heavy atom. The summed E-state index contributed by atoms with van der Waals surface area (Å²) >= 11 is 0. The van der Waals surface area contributed by atoms with Gasteiger partial charge >= 0.3 is 5.97 Å². The fourth-order valence-corrected chi connectivity index (χ4v) is 1.93. The van der Waals surface area contributed by atoms with Crippen molar-refractivity contribution in [1.82, 2.24) is 0 Å². The number of anilines is 1. The number of nitrogens with zero attached hydrogens (tertiary/aromatic N) is 1. The molecule has 0 radical (unpaired) electrons. The van der Waals surface area contributed by atoms with Gasteiger partial charge in [0.05, 0.1) is 22.9 Å². The molecule has 0 fully saturated rings. The van der Waals surface area contributed by atoms with Crippen LogP contribution in [0.15, 0.2) is 42.5 Å². The summed E-state index contributed by atoms with van der Waals surface area (Å²) in [7, 11) is 0. The zero-order valence-corrected chi connectivity index (χ0v) is 11.3. The van der Waals surface area contributed by atoms with Crippen molar-refractivity contribution in [3.05, 3.63) is 64.7 Å². The minimum atomic E-state index is -1.11. The van der Waals surface area contributed by atoms with Crippen LogP contribution in [0.1, 0.15) is 31.8 Å². The van der Waals surface area contributed by atoms with Crippen LogP contribution >= 0.6 is 0 Å². The van der Waals surface area contributed by atoms with Crippen LogP contribution in [-0.2, 0) is 0 Å². The minimum Gasteiger partial charge on any atom is -0.478 e. The number of aryl methyl sites for hydroxylation is 1. The van der Waals surface area contributed by atoms with E-state index in [1.807, 2.05) is 6.07 Å². The molecule has 0 saturated carbocycles. The summed E-state index contributed by atoms with van der Waals surface area (Å²) in [6.45, 7) is 1.72. The zero-order valence-electron chi connectivity index (χ0n) is 11.3. The van der Waals surface area contributed by atoms with Gasteiger partial charge in [-0.05, 0) is 36.8 Å². The minimum absolute atomic E-state index is 0.0276. The first-order valence-corrected chi connectivity index (χ1v) is 6.17. The number of carbonyl (C=O) groups excluding carboxylic acids is 1. The Balaban J connectivity index is 2.36. The maximum atomic E-state index is 12.2. The van der Waals surface area contributed by atoms with Crippen molar-refractivity contribution >= 4 is 17.6 Å². The van der Waals surface area contributed by atoms with Crippen molar-refractivity contribution < 1.29 is 14.7 Å². The molecular weight excluding hydrogens is 268 g/mol. The number of carboxylic acid groups (broad SMARTS) is 1. The molecule has 0 aliphatic rings. The van der Waals surface area contributed by atoms with Crippen LogP contribution in [0, 0.1) is 18.3 Å². The molecule has 5 nitrogen and oxygen atoms in total. The van der Waals surface area contributed by atoms with Crippen LogP contribution in [-0.4, -0.2) is 17.0 Å². The lowest BCUT2D eigenvalue weighted by atomic mass is 10.1. The third kappa shape index (κ3) is 3.07. The second-order valence-electron chi connectivity index (χ2n) is 4.45. The lowest BCUT2D eigenvalue weighted by Crippen LogP contribution is -2.16. The van der Waals surface area contributed by atoms with Gasteiger partial charge in [0.1, 0.15) is 0 Å². The molecule has 2 aromatic rings. The van der Waals surface area contributed by atoms with Crippen molar-refractivity contribution in [2.24, 2.45) is 0 Å². The summed E-state index contributed by atoms with van der Waals surface area (Å²) in [5.74, 6) is -1.57. The van der Waals surface area contributed by atoms with E-state index in [4.69, 9.17) is 10.4 Å². The Morgan fingerprint density at radius 2 is 1.90 bits per heavy atom. The highest BCUT2D eigenvalue weighted by Gasteiger charge is 2.15. The van der Waals surface area contributed by atoms with E-state index in [2.05, 4.69) is 5.32 Å². The molecule has 0 aliphatic heterocycles. The topological polar surface area (TPSA) is 90.2 Å². The number of benzene rings is 2. The summed E-state index contributed by atoms with van der Waals surface area (Å²) in [6.07, 6.45) is 0. The lowest BCUT2D eigenvalue weighted by molar-refractivity contribution is 0.0698. The number of amides is 1. The highest BCUT2D eigenvalue weighted by atomic mass is 16.4. The number of hydrogen-bond acceptors (Lipinski definition) is 3. The van der Waals surface area contributed by atoms with Gasteiger partial charge in [-0.2, -0.15) is 5.26 Å². The second-order valence-corrected chi connectivity index (χ2v) is 4.45. The Morgan fingerprint density at radius 1 is 1.19 bits per heavy atom. The van der Waals surface area contributed by atoms with Gasteiger partial charge in [-0.1, -0.05) is 18.2 Å². The standard InChI is InChI=1S/C16H12N2O3/c1-10-4-2-7-13(16(20)21)14(10)18-15(19)12-6-3-5-11(8-12)9-17/h2-8H,1H3,(H,18,19)(H,20,21). The normalized spacial score (nSPS) is 9.71. The molecule has 0 unspecified atom stereocenters. The highest BCUT2D eigenvalue weighted by molar-refractivity contribution is 6.08. The van der Waals surface area contributed by atoms with E-state index in [1.54, 1.807) is 37.3 Å². The van der Waals surface area contributed by atoms with E-state index >= 15 is 0 Å². The van der Waals surface area contributed by atoms with Crippen LogP contribution < -0.4 is 5.32 Å². The average Bonchev–Trinajstić information content (AvgIpc) is 2.49. The first-order valence-electron chi connectivity index (χ1n) is 6.17. The molecule has 21 heavy (non-hydrogen) atoms. The molecule has 0 aromatic heterocycles. The van der Waals surface area contributed by atoms with Crippen molar-refractivity contribution in [1.29, 1.82) is 5.26 Å². The maximum absolute atomic E-state index is 12.2. The van der Waals surface area contributed by atoms with Crippen LogP contribution in [0.3, 0.4) is 0 Å². The van der Waals surface area contributed by atoms with E-state index < -0.39 is 11.9 Å². The summed E-state index contributed by atoms with van der Waals surface area (Å²) in [5.41, 5.74) is 1.61. The number of nitriles is 1. The lowest BCUT2D eigenvalue weighted by Gasteiger charge is -2.11. The van der Waals surface area contributed by atoms with Gasteiger partial charge in [-0.25, -0.2) is 4.79 Å². The van der Waals surface area contributed by atoms with Gasteiger partial charge < -0.3 is 10.4 Å². The third-order valence-corrected chi connectivity index (χ3v) is 3.00. The van der Waals surface area contributed by atoms with E-state index in [0.717, 1.165) is 0 Å². The molecule has 2 rings (SSSR count). The van der Waals surface area contributed by atoms with Crippen LogP contribution in [0.5, 0.6) is 0 Å². The van der Waals surface area contributed by atoms with Crippen LogP contribution in [0.4, 0.5) is 5.69 Å². The molecule has 0 heterocycles. The quantitative estimate of drug-likeness (QED) is 0.904. The molecule has 0 bridgehead atoms. The van der Waals surface area contributed by atoms with Crippen molar-refractivity contribution in [2.75, 3.05) is 5.32 Å². The third-order valence-electron chi connectivity index (χ3n) is 3.00. The maximum Gasteiger partial charge on any atom is 0.337 e. The molecule has 2 N–H and O–H groups in total. The molecule has 0 aliphatic carbocycles. The molecule has 0 spiro atoms. The molecular formula is C16H12N2O3. The fourth-order valence-electron chi connectivity index (χ4n) is 1.93. The molecule has 1 amide bonds. The van der Waals surface area contributed by atoms with Gasteiger partial charge in [0.25, 0.3) is 5.91 Å². The van der Waals surface area contributed by atoms with Gasteiger partial charge in [0, 0.05) is 5.56 Å². The summed E-state index contributed by atoms with van der Waals surface area (Å²) in [4.78, 5) is 23.4. The highest BCUT2D eigenvalue weighted by Crippen LogP contribution is 2.21. The zero-order chi connectivity index (χ0) is 15.4. The second kappa shape index (κ2) is 5.88. The summed E-state index contributed by atoms with van der Waals surface area (Å²) < 4.78 is 0. The number of carboxylic acids is 1. The smallest absolute Gasteiger partial charge is 0.337 e. The largest absolute Gasteiger partial charge is 0.478 e. The van der Waals surface area contributed by atoms with Crippen molar-refractivity contribution in [3.63, 3.8) is 0 Å². The van der Waals surface area contributed by atoms with Crippen LogP contribution in [0.25, 0.3) is 0 Å². The Bertz CT molecular complexity index is 760. The summed E-state index contributed by atoms with van der Waals surface area (Å²) in [5, 5.41) is 20.6. The van der Waals surface area contributed by atoms with Gasteiger partial charge in [-0.3, -0.25) is 4.79 Å². The number of para-hydroxylation sites is 1. The Kier molecular flexibility index (Phi) is 4.00. The van der Waals surface area contributed by atoms with Gasteiger partial charge in [0.15, 0.2) is 0 Å². The van der Waals surface area contributed by atoms with E-state index in [-0.39, 0.29) is 11.3 Å². The molecule has 0 saturated heterocycles. The predicted octanol–water partition coefficient (Wildman–Crippen LogP) is 2.82. The first-order chi connectivity index (χ1) is 10.0. The van der Waals surface area contributed by atoms with Crippen molar-refractivity contribution in [3.8, 4) is 6.07 Å². The fraction of sp³-hybridized carbons (Fsp3) is 0.0625. The predicted molar refractivity (Wildman–Crippen MR) is 77.2 cm³/mol. The monoisotopic (exact) mass is 280 g/mol. The number of hydrogen-bond donors (Lipinski definition) is 2. The number of nitrogens with one attached hydrogen (secondary N) is 1. The Labute approximate surface area is 121 Å². The van der Waals surface area contributed by atoms with Crippen LogP contribution in [0.2, 0.25) is 0 Å². The average molecular weight is 280 g/mol. The SMILES string of the molecule is Cc1cccc(C(=O)O)c1NC(=O)c1cccc(C#N)c1. The van der Waals surface area contributed by atoms with Gasteiger partial charge in [0.2, 0.25) is 0 Å². The van der Waals surface area contributed by atoms with E-state index in [9.17, 15) is 9.59 Å². The number of carbonyl (C=O) groups is 2. The molecule has 0 atom stereocenters. The molecule has 5 heteroatoms. The molecule has 2 aromatic carbocycles. The van der Waals surface area contributed by atoms with Gasteiger partial charge in [-0.15, -0.1) is 0 Å². The number of rotatable bonds is 3. The van der Waals surface area contributed by atoms with E-state index in [1.165, 1.54) is 12.1 Å². The first kappa shape index (κ1) is 14.3. The Hall–Kier alpha value is -3.13. The van der Waals surface area contributed by atoms with Crippen molar-refractivity contribution in [2.45, 2.75) is 6.92 Å². The summed E-state index contributed by atoms with van der Waals surface area (Å²) in [6, 6.07) is 12.9. The molecule has 104 valence electrons. The number of aromatic carboxylic acids is 1.